The molecule has 1 heterocycles. The van der Waals surface area contributed by atoms with Crippen LogP contribution in [0.4, 0.5) is 5.95 Å². The summed E-state index contributed by atoms with van der Waals surface area (Å²) in [6.45, 7) is 0. The van der Waals surface area contributed by atoms with Crippen LogP contribution in [0.15, 0.2) is 41.1 Å². The van der Waals surface area contributed by atoms with Crippen molar-refractivity contribution in [2.45, 2.75) is 18.4 Å². The molecule has 0 aliphatic heterocycles. The second-order valence-corrected chi connectivity index (χ2v) is 5.73. The molecule has 92 valence electrons. The van der Waals surface area contributed by atoms with Gasteiger partial charge in [-0.25, -0.2) is 9.97 Å². The van der Waals surface area contributed by atoms with Crippen LogP contribution in [0.2, 0.25) is 5.02 Å². The zero-order chi connectivity index (χ0) is 12.5. The lowest BCUT2D eigenvalue weighted by atomic mass is 10.1. The maximum Gasteiger partial charge on any atom is 0.222 e. The average molecular weight is 325 g/mol. The molecule has 0 spiro atoms. The molecule has 1 fully saturated rings. The van der Waals surface area contributed by atoms with Crippen molar-refractivity contribution < 1.29 is 0 Å². The Morgan fingerprint density at radius 1 is 1.28 bits per heavy atom. The third-order valence-electron chi connectivity index (χ3n) is 3.00. The van der Waals surface area contributed by atoms with E-state index < -0.39 is 0 Å². The minimum Gasteiger partial charge on any atom is -0.351 e. The molecule has 0 amide bonds. The summed E-state index contributed by atoms with van der Waals surface area (Å²) in [4.78, 5) is 8.42. The summed E-state index contributed by atoms with van der Waals surface area (Å²) in [5.41, 5.74) is 1.28. The average Bonchev–Trinajstić information content (AvgIpc) is 3.12. The Bertz CT molecular complexity index is 558. The van der Waals surface area contributed by atoms with Crippen LogP contribution in [0.25, 0.3) is 0 Å². The van der Waals surface area contributed by atoms with Gasteiger partial charge in [0.1, 0.15) is 0 Å². The minimum atomic E-state index is 0.407. The molecule has 0 saturated heterocycles. The predicted octanol–water partition coefficient (Wildman–Crippen LogP) is 3.86. The second kappa shape index (κ2) is 4.86. The summed E-state index contributed by atoms with van der Waals surface area (Å²) < 4.78 is 0.884. The summed E-state index contributed by atoms with van der Waals surface area (Å²) in [5, 5.41) is 4.11. The maximum atomic E-state index is 5.99. The summed E-state index contributed by atoms with van der Waals surface area (Å²) in [7, 11) is 0. The predicted molar refractivity (Wildman–Crippen MR) is 76.0 cm³/mol. The van der Waals surface area contributed by atoms with E-state index in [4.69, 9.17) is 11.6 Å². The lowest BCUT2D eigenvalue weighted by Crippen LogP contribution is -2.07. The number of hydrogen-bond acceptors (Lipinski definition) is 3. The van der Waals surface area contributed by atoms with Crippen molar-refractivity contribution in [2.24, 2.45) is 0 Å². The molecular formula is C13H11BrClN3. The standard InChI is InChI=1S/C13H11BrClN3/c14-9-6-16-13(17-7-9)18-12-5-11(12)8-2-1-3-10(15)4-8/h1-4,6-7,11-12H,5H2,(H,16,17,18). The topological polar surface area (TPSA) is 37.8 Å². The Kier molecular flexibility index (Phi) is 3.22. The van der Waals surface area contributed by atoms with Crippen molar-refractivity contribution in [1.29, 1.82) is 0 Å². The van der Waals surface area contributed by atoms with Crippen LogP contribution in [0.5, 0.6) is 0 Å². The highest BCUT2D eigenvalue weighted by Crippen LogP contribution is 2.42. The van der Waals surface area contributed by atoms with Crippen LogP contribution in [-0.4, -0.2) is 16.0 Å². The monoisotopic (exact) mass is 323 g/mol. The van der Waals surface area contributed by atoms with Crippen LogP contribution in [0.1, 0.15) is 17.9 Å². The fourth-order valence-electron chi connectivity index (χ4n) is 2.01. The zero-order valence-electron chi connectivity index (χ0n) is 9.48. The Morgan fingerprint density at radius 3 is 2.78 bits per heavy atom. The molecule has 2 atom stereocenters. The van der Waals surface area contributed by atoms with Crippen molar-refractivity contribution in [3.8, 4) is 0 Å². The van der Waals surface area contributed by atoms with Gasteiger partial charge in [0.25, 0.3) is 0 Å². The molecule has 1 aromatic carbocycles. The Morgan fingerprint density at radius 2 is 2.06 bits per heavy atom. The minimum absolute atomic E-state index is 0.407. The van der Waals surface area contributed by atoms with Gasteiger partial charge in [-0.05, 0) is 40.0 Å². The molecule has 2 unspecified atom stereocenters. The van der Waals surface area contributed by atoms with E-state index in [0.717, 1.165) is 15.9 Å². The van der Waals surface area contributed by atoms with E-state index in [-0.39, 0.29) is 0 Å². The van der Waals surface area contributed by atoms with E-state index in [1.54, 1.807) is 12.4 Å². The first-order valence-corrected chi connectivity index (χ1v) is 6.89. The van der Waals surface area contributed by atoms with Gasteiger partial charge in [-0.15, -0.1) is 0 Å². The van der Waals surface area contributed by atoms with Gasteiger partial charge in [-0.2, -0.15) is 0 Å². The molecule has 5 heteroatoms. The van der Waals surface area contributed by atoms with E-state index in [1.165, 1.54) is 5.56 Å². The molecule has 3 rings (SSSR count). The highest BCUT2D eigenvalue weighted by molar-refractivity contribution is 9.10. The normalized spacial score (nSPS) is 21.7. The number of aromatic nitrogens is 2. The van der Waals surface area contributed by atoms with Crippen LogP contribution < -0.4 is 5.32 Å². The van der Waals surface area contributed by atoms with Crippen molar-refractivity contribution in [1.82, 2.24) is 9.97 Å². The third kappa shape index (κ3) is 2.65. The van der Waals surface area contributed by atoms with Gasteiger partial charge in [0.05, 0.1) is 4.47 Å². The molecule has 1 N–H and O–H groups in total. The first kappa shape index (κ1) is 11.9. The molecule has 1 aliphatic rings. The summed E-state index contributed by atoms with van der Waals surface area (Å²) in [5.74, 6) is 1.18. The van der Waals surface area contributed by atoms with Crippen molar-refractivity contribution in [2.75, 3.05) is 5.32 Å². The molecule has 3 nitrogen and oxygen atoms in total. The highest BCUT2D eigenvalue weighted by Gasteiger charge is 2.38. The van der Waals surface area contributed by atoms with Crippen LogP contribution >= 0.6 is 27.5 Å². The van der Waals surface area contributed by atoms with Gasteiger partial charge in [0.2, 0.25) is 5.95 Å². The van der Waals surface area contributed by atoms with Gasteiger partial charge in [-0.3, -0.25) is 0 Å². The SMILES string of the molecule is Clc1cccc(C2CC2Nc2ncc(Br)cn2)c1. The summed E-state index contributed by atoms with van der Waals surface area (Å²) in [6.07, 6.45) is 4.58. The lowest BCUT2D eigenvalue weighted by Gasteiger charge is -2.04. The molecule has 1 aliphatic carbocycles. The number of hydrogen-bond donors (Lipinski definition) is 1. The third-order valence-corrected chi connectivity index (χ3v) is 3.65. The van der Waals surface area contributed by atoms with Gasteiger partial charge in [0.15, 0.2) is 0 Å². The molecular weight excluding hydrogens is 314 g/mol. The number of halogens is 2. The fourth-order valence-corrected chi connectivity index (χ4v) is 2.42. The first-order valence-electron chi connectivity index (χ1n) is 5.72. The van der Waals surface area contributed by atoms with Gasteiger partial charge < -0.3 is 5.32 Å². The van der Waals surface area contributed by atoms with E-state index >= 15 is 0 Å². The quantitative estimate of drug-likeness (QED) is 0.931. The molecule has 18 heavy (non-hydrogen) atoms. The largest absolute Gasteiger partial charge is 0.351 e. The number of benzene rings is 1. The van der Waals surface area contributed by atoms with Gasteiger partial charge >= 0.3 is 0 Å². The van der Waals surface area contributed by atoms with Crippen LogP contribution in [0.3, 0.4) is 0 Å². The summed E-state index contributed by atoms with van der Waals surface area (Å²) in [6, 6.07) is 8.43. The number of anilines is 1. The molecule has 1 saturated carbocycles. The van der Waals surface area contributed by atoms with Crippen molar-refractivity contribution in [3.63, 3.8) is 0 Å². The zero-order valence-corrected chi connectivity index (χ0v) is 11.8. The second-order valence-electron chi connectivity index (χ2n) is 4.37. The smallest absolute Gasteiger partial charge is 0.222 e. The lowest BCUT2D eigenvalue weighted by molar-refractivity contribution is 0.999. The summed E-state index contributed by atoms with van der Waals surface area (Å²) >= 11 is 9.31. The van der Waals surface area contributed by atoms with E-state index in [0.29, 0.717) is 17.9 Å². The van der Waals surface area contributed by atoms with Crippen molar-refractivity contribution >= 4 is 33.5 Å². The number of nitrogens with one attached hydrogen (secondary N) is 1. The first-order chi connectivity index (χ1) is 8.72. The van der Waals surface area contributed by atoms with E-state index in [2.05, 4.69) is 37.3 Å². The highest BCUT2D eigenvalue weighted by atomic mass is 79.9. The van der Waals surface area contributed by atoms with Crippen LogP contribution in [-0.2, 0) is 0 Å². The van der Waals surface area contributed by atoms with E-state index in [1.807, 2.05) is 18.2 Å². The van der Waals surface area contributed by atoms with Crippen LogP contribution in [0, 0.1) is 0 Å². The molecule has 1 aromatic heterocycles. The number of nitrogens with zero attached hydrogens (tertiary/aromatic N) is 2. The van der Waals surface area contributed by atoms with Gasteiger partial charge in [-0.1, -0.05) is 23.7 Å². The molecule has 0 bridgehead atoms. The Hall–Kier alpha value is -1.13. The maximum absolute atomic E-state index is 5.99. The Balaban J connectivity index is 1.66. The van der Waals surface area contributed by atoms with E-state index in [9.17, 15) is 0 Å². The van der Waals surface area contributed by atoms with Crippen molar-refractivity contribution in [3.05, 3.63) is 51.7 Å². The Labute approximate surface area is 119 Å². The van der Waals surface area contributed by atoms with Gasteiger partial charge in [0, 0.05) is 29.4 Å². The molecule has 2 aromatic rings. The molecule has 0 radical (unpaired) electrons. The number of rotatable bonds is 3. The fraction of sp³-hybridized carbons (Fsp3) is 0.231.